The van der Waals surface area contributed by atoms with Crippen molar-refractivity contribution < 1.29 is 29.0 Å². The molecule has 0 aliphatic rings. The van der Waals surface area contributed by atoms with Crippen LogP contribution in [0.25, 0.3) is 10.8 Å². The number of aryl methyl sites for hydroxylation is 1. The monoisotopic (exact) mass is 404 g/mol. The molecule has 0 heterocycles. The average Bonchev–Trinajstić information content (AvgIpc) is 2.72. The Bertz CT molecular complexity index is 1110. The van der Waals surface area contributed by atoms with Gasteiger partial charge < -0.3 is 14.6 Å². The Kier molecular flexibility index (Phi) is 6.27. The number of carboxylic acids is 1. The molecule has 0 amide bonds. The van der Waals surface area contributed by atoms with Gasteiger partial charge in [0.05, 0.1) is 6.42 Å². The van der Waals surface area contributed by atoms with Crippen molar-refractivity contribution in [3.05, 3.63) is 90.0 Å². The first kappa shape index (κ1) is 20.8. The van der Waals surface area contributed by atoms with Gasteiger partial charge in [0.25, 0.3) is 0 Å². The van der Waals surface area contributed by atoms with Crippen LogP contribution in [0.3, 0.4) is 0 Å². The molecular weight excluding hydrogens is 384 g/mol. The summed E-state index contributed by atoms with van der Waals surface area (Å²) < 4.78 is 10.9. The van der Waals surface area contributed by atoms with Crippen molar-refractivity contribution in [2.24, 2.45) is 0 Å². The molecule has 1 N–H and O–H groups in total. The molecule has 0 aliphatic carbocycles. The van der Waals surface area contributed by atoms with E-state index in [0.717, 1.165) is 16.3 Å². The fraction of sp³-hybridized carbons (Fsp3) is 0.125. The number of carbonyl (C=O) groups excluding carboxylic acids is 2. The predicted molar refractivity (Wildman–Crippen MR) is 111 cm³/mol. The van der Waals surface area contributed by atoms with E-state index in [1.165, 1.54) is 0 Å². The lowest BCUT2D eigenvalue weighted by atomic mass is 10.1. The Morgan fingerprint density at radius 1 is 0.967 bits per heavy atom. The van der Waals surface area contributed by atoms with Gasteiger partial charge in [0.1, 0.15) is 5.75 Å². The predicted octanol–water partition coefficient (Wildman–Crippen LogP) is 4.37. The lowest BCUT2D eigenvalue weighted by molar-refractivity contribution is -0.160. The zero-order chi connectivity index (χ0) is 21.7. The van der Waals surface area contributed by atoms with Gasteiger partial charge in [-0.05, 0) is 18.4 Å². The van der Waals surface area contributed by atoms with Gasteiger partial charge in [-0.2, -0.15) is 0 Å². The van der Waals surface area contributed by atoms with Crippen LogP contribution < -0.4 is 4.74 Å². The van der Waals surface area contributed by atoms with Crippen LogP contribution in [0, 0.1) is 6.92 Å². The van der Waals surface area contributed by atoms with Crippen LogP contribution in [-0.4, -0.2) is 23.0 Å². The molecule has 3 aromatic rings. The number of esters is 2. The summed E-state index contributed by atoms with van der Waals surface area (Å²) in [6.07, 6.45) is -1.96. The molecule has 6 nitrogen and oxygen atoms in total. The molecule has 152 valence electrons. The van der Waals surface area contributed by atoms with E-state index in [2.05, 4.69) is 6.58 Å². The van der Waals surface area contributed by atoms with Crippen LogP contribution in [0.15, 0.2) is 78.9 Å². The number of carbonyl (C=O) groups is 3. The molecule has 30 heavy (non-hydrogen) atoms. The molecular formula is C24H20O6. The fourth-order valence-corrected chi connectivity index (χ4v) is 2.89. The zero-order valence-corrected chi connectivity index (χ0v) is 16.3. The Hall–Kier alpha value is -3.93. The summed E-state index contributed by atoms with van der Waals surface area (Å²) in [6, 6.07) is 19.5. The highest BCUT2D eigenvalue weighted by molar-refractivity contribution is 5.95. The van der Waals surface area contributed by atoms with E-state index in [4.69, 9.17) is 14.6 Å². The first-order chi connectivity index (χ1) is 14.3. The second kappa shape index (κ2) is 9.05. The molecule has 1 unspecified atom stereocenters. The minimum atomic E-state index is -1.37. The first-order valence-corrected chi connectivity index (χ1v) is 9.21. The summed E-state index contributed by atoms with van der Waals surface area (Å²) in [4.78, 5) is 36.1. The highest BCUT2D eigenvalue weighted by atomic mass is 16.6. The second-order valence-corrected chi connectivity index (χ2v) is 6.77. The summed E-state index contributed by atoms with van der Waals surface area (Å²) >= 11 is 0. The van der Waals surface area contributed by atoms with Crippen molar-refractivity contribution in [1.29, 1.82) is 0 Å². The van der Waals surface area contributed by atoms with Gasteiger partial charge in [0.15, 0.2) is 0 Å². The minimum Gasteiger partial charge on any atom is -0.481 e. The molecule has 0 radical (unpaired) electrons. The van der Waals surface area contributed by atoms with Crippen LogP contribution in [0.5, 0.6) is 5.75 Å². The van der Waals surface area contributed by atoms with Crippen molar-refractivity contribution >= 4 is 28.7 Å². The topological polar surface area (TPSA) is 89.9 Å². The van der Waals surface area contributed by atoms with Gasteiger partial charge in [-0.3, -0.25) is 4.79 Å². The lowest BCUT2D eigenvalue weighted by Gasteiger charge is -2.18. The molecule has 0 fully saturated rings. The maximum atomic E-state index is 13.0. The minimum absolute atomic E-state index is 0.266. The first-order valence-electron chi connectivity index (χ1n) is 9.21. The fourth-order valence-electron chi connectivity index (χ4n) is 2.89. The van der Waals surface area contributed by atoms with Crippen molar-refractivity contribution in [3.8, 4) is 5.75 Å². The van der Waals surface area contributed by atoms with Crippen LogP contribution >= 0.6 is 0 Å². The number of carboxylic acid groups (broad SMARTS) is 1. The van der Waals surface area contributed by atoms with Gasteiger partial charge >= 0.3 is 17.9 Å². The van der Waals surface area contributed by atoms with Gasteiger partial charge in [-0.15, -0.1) is 0 Å². The van der Waals surface area contributed by atoms with E-state index in [1.807, 2.05) is 37.3 Å². The summed E-state index contributed by atoms with van der Waals surface area (Å²) in [5, 5.41) is 10.5. The maximum absolute atomic E-state index is 13.0. The normalized spacial score (nSPS) is 11.5. The maximum Gasteiger partial charge on any atom is 0.357 e. The van der Waals surface area contributed by atoms with E-state index in [9.17, 15) is 14.4 Å². The van der Waals surface area contributed by atoms with Crippen molar-refractivity contribution in [3.63, 3.8) is 0 Å². The summed E-state index contributed by atoms with van der Waals surface area (Å²) in [7, 11) is 0. The quantitative estimate of drug-likeness (QED) is 0.357. The van der Waals surface area contributed by atoms with E-state index in [-0.39, 0.29) is 5.57 Å². The molecule has 0 aromatic heterocycles. The van der Waals surface area contributed by atoms with E-state index in [1.54, 1.807) is 36.4 Å². The van der Waals surface area contributed by atoms with Gasteiger partial charge in [-0.25, -0.2) is 9.59 Å². The SMILES string of the molecule is C=C(CC(=O)O)C(=O)OC(C(=O)Oc1cccc2ccccc12)c1ccc(C)cc1. The number of ether oxygens (including phenoxy) is 2. The summed E-state index contributed by atoms with van der Waals surface area (Å²) in [5.74, 6) is -2.66. The van der Waals surface area contributed by atoms with Crippen LogP contribution in [0.2, 0.25) is 0 Å². The smallest absolute Gasteiger partial charge is 0.357 e. The molecule has 0 saturated heterocycles. The van der Waals surface area contributed by atoms with Crippen LogP contribution in [-0.2, 0) is 19.1 Å². The number of hydrogen-bond donors (Lipinski definition) is 1. The number of rotatable bonds is 7. The molecule has 0 spiro atoms. The molecule has 0 saturated carbocycles. The number of hydrogen-bond acceptors (Lipinski definition) is 5. The molecule has 0 bridgehead atoms. The molecule has 3 rings (SSSR count). The molecule has 0 aliphatic heterocycles. The molecule has 3 aromatic carbocycles. The van der Waals surface area contributed by atoms with Crippen LogP contribution in [0.4, 0.5) is 0 Å². The highest BCUT2D eigenvalue weighted by Gasteiger charge is 2.29. The number of aliphatic carboxylic acids is 1. The Labute approximate surface area is 173 Å². The number of fused-ring (bicyclic) bond motifs is 1. The lowest BCUT2D eigenvalue weighted by Crippen LogP contribution is -2.25. The van der Waals surface area contributed by atoms with Gasteiger partial charge in [0, 0.05) is 16.5 Å². The third-order valence-corrected chi connectivity index (χ3v) is 4.43. The number of benzene rings is 3. The van der Waals surface area contributed by atoms with Crippen molar-refractivity contribution in [2.75, 3.05) is 0 Å². The van der Waals surface area contributed by atoms with E-state index in [0.29, 0.717) is 11.3 Å². The zero-order valence-electron chi connectivity index (χ0n) is 16.3. The van der Waals surface area contributed by atoms with Crippen molar-refractivity contribution in [2.45, 2.75) is 19.4 Å². The molecule has 6 heteroatoms. The highest BCUT2D eigenvalue weighted by Crippen LogP contribution is 2.28. The largest absolute Gasteiger partial charge is 0.481 e. The second-order valence-electron chi connectivity index (χ2n) is 6.77. The summed E-state index contributed by atoms with van der Waals surface area (Å²) in [6.45, 7) is 5.32. The third kappa shape index (κ3) is 4.91. The Morgan fingerprint density at radius 2 is 1.63 bits per heavy atom. The Morgan fingerprint density at radius 3 is 2.33 bits per heavy atom. The van der Waals surface area contributed by atoms with E-state index < -0.39 is 30.4 Å². The molecule has 1 atom stereocenters. The standard InChI is InChI=1S/C24H20O6/c1-15-10-12-18(13-11-15)22(30-23(27)16(2)14-21(25)26)24(28)29-20-9-5-7-17-6-3-4-8-19(17)20/h3-13,22H,2,14H2,1H3,(H,25,26). The average molecular weight is 404 g/mol. The van der Waals surface area contributed by atoms with E-state index >= 15 is 0 Å². The van der Waals surface area contributed by atoms with Gasteiger partial charge in [-0.1, -0.05) is 72.8 Å². The van der Waals surface area contributed by atoms with Gasteiger partial charge in [0.2, 0.25) is 6.10 Å². The summed E-state index contributed by atoms with van der Waals surface area (Å²) in [5.41, 5.74) is 1.10. The van der Waals surface area contributed by atoms with Crippen LogP contribution in [0.1, 0.15) is 23.7 Å². The Balaban J connectivity index is 1.89. The van der Waals surface area contributed by atoms with Crippen molar-refractivity contribution in [1.82, 2.24) is 0 Å². The third-order valence-electron chi connectivity index (χ3n) is 4.43.